The Labute approximate surface area is 109 Å². The molecule has 1 aromatic carbocycles. The molecule has 1 amide bonds. The summed E-state index contributed by atoms with van der Waals surface area (Å²) in [4.78, 5) is 13.5. The molecule has 1 fully saturated rings. The largest absolute Gasteiger partial charge is 0.371 e. The van der Waals surface area contributed by atoms with Gasteiger partial charge in [-0.3, -0.25) is 4.79 Å². The van der Waals surface area contributed by atoms with Crippen LogP contribution >= 0.6 is 0 Å². The number of hydrogen-bond donors (Lipinski definition) is 1. The Hall–Kier alpha value is -1.51. The van der Waals surface area contributed by atoms with Gasteiger partial charge in [0.15, 0.2) is 0 Å². The van der Waals surface area contributed by atoms with Crippen molar-refractivity contribution < 1.29 is 4.79 Å². The number of benzene rings is 1. The fourth-order valence-electron chi connectivity index (χ4n) is 2.70. The molecule has 2 unspecified atom stereocenters. The SMILES string of the molecule is Cc1cccc(N2CCC(CC(C)C(N)=O)C2)c1. The summed E-state index contributed by atoms with van der Waals surface area (Å²) >= 11 is 0. The summed E-state index contributed by atoms with van der Waals surface area (Å²) in [5, 5.41) is 0. The summed E-state index contributed by atoms with van der Waals surface area (Å²) < 4.78 is 0. The summed E-state index contributed by atoms with van der Waals surface area (Å²) in [5.41, 5.74) is 7.92. The topological polar surface area (TPSA) is 46.3 Å². The normalized spacial score (nSPS) is 21.0. The van der Waals surface area contributed by atoms with Crippen LogP contribution in [0.4, 0.5) is 5.69 Å². The van der Waals surface area contributed by atoms with Crippen molar-refractivity contribution in [1.82, 2.24) is 0 Å². The highest BCUT2D eigenvalue weighted by molar-refractivity contribution is 5.76. The van der Waals surface area contributed by atoms with Crippen LogP contribution in [0, 0.1) is 18.8 Å². The first-order valence-corrected chi connectivity index (χ1v) is 6.67. The fraction of sp³-hybridized carbons (Fsp3) is 0.533. The second kappa shape index (κ2) is 5.42. The van der Waals surface area contributed by atoms with E-state index in [1.807, 2.05) is 6.92 Å². The smallest absolute Gasteiger partial charge is 0.220 e. The van der Waals surface area contributed by atoms with Gasteiger partial charge in [0.1, 0.15) is 0 Å². The summed E-state index contributed by atoms with van der Waals surface area (Å²) in [6.45, 7) is 6.17. The van der Waals surface area contributed by atoms with Gasteiger partial charge in [-0.15, -0.1) is 0 Å². The van der Waals surface area contributed by atoms with E-state index in [9.17, 15) is 4.79 Å². The van der Waals surface area contributed by atoms with Crippen molar-refractivity contribution in [1.29, 1.82) is 0 Å². The molecule has 2 N–H and O–H groups in total. The van der Waals surface area contributed by atoms with Gasteiger partial charge in [-0.25, -0.2) is 0 Å². The van der Waals surface area contributed by atoms with Crippen LogP contribution in [0.15, 0.2) is 24.3 Å². The zero-order valence-electron chi connectivity index (χ0n) is 11.2. The van der Waals surface area contributed by atoms with E-state index >= 15 is 0 Å². The molecule has 0 radical (unpaired) electrons. The Kier molecular flexibility index (Phi) is 3.90. The minimum Gasteiger partial charge on any atom is -0.371 e. The highest BCUT2D eigenvalue weighted by Crippen LogP contribution is 2.28. The van der Waals surface area contributed by atoms with Gasteiger partial charge in [-0.1, -0.05) is 19.1 Å². The Morgan fingerprint density at radius 2 is 2.33 bits per heavy atom. The van der Waals surface area contributed by atoms with Crippen molar-refractivity contribution in [2.45, 2.75) is 26.7 Å². The zero-order valence-corrected chi connectivity index (χ0v) is 11.2. The first-order valence-electron chi connectivity index (χ1n) is 6.67. The van der Waals surface area contributed by atoms with Gasteiger partial charge in [0.25, 0.3) is 0 Å². The lowest BCUT2D eigenvalue weighted by Crippen LogP contribution is -2.25. The molecule has 3 heteroatoms. The Morgan fingerprint density at radius 1 is 1.56 bits per heavy atom. The number of aryl methyl sites for hydroxylation is 1. The second-order valence-corrected chi connectivity index (χ2v) is 5.48. The summed E-state index contributed by atoms with van der Waals surface area (Å²) in [6.07, 6.45) is 2.07. The number of primary amides is 1. The average Bonchev–Trinajstić information content (AvgIpc) is 2.77. The third kappa shape index (κ3) is 3.03. The van der Waals surface area contributed by atoms with E-state index in [0.29, 0.717) is 5.92 Å². The van der Waals surface area contributed by atoms with E-state index in [2.05, 4.69) is 36.1 Å². The van der Waals surface area contributed by atoms with E-state index in [1.165, 1.54) is 11.3 Å². The summed E-state index contributed by atoms with van der Waals surface area (Å²) in [5.74, 6) is 0.407. The van der Waals surface area contributed by atoms with E-state index in [4.69, 9.17) is 5.73 Å². The first kappa shape index (κ1) is 12.9. The quantitative estimate of drug-likeness (QED) is 0.886. The number of rotatable bonds is 4. The van der Waals surface area contributed by atoms with Gasteiger partial charge in [-0.05, 0) is 43.4 Å². The monoisotopic (exact) mass is 246 g/mol. The van der Waals surface area contributed by atoms with E-state index in [1.54, 1.807) is 0 Å². The van der Waals surface area contributed by atoms with Crippen LogP contribution in [-0.4, -0.2) is 19.0 Å². The van der Waals surface area contributed by atoms with Gasteiger partial charge in [-0.2, -0.15) is 0 Å². The third-order valence-electron chi connectivity index (χ3n) is 3.83. The maximum Gasteiger partial charge on any atom is 0.220 e. The molecule has 2 rings (SSSR count). The lowest BCUT2D eigenvalue weighted by molar-refractivity contribution is -0.121. The molecule has 0 bridgehead atoms. The van der Waals surface area contributed by atoms with Crippen LogP contribution in [0.3, 0.4) is 0 Å². The molecular formula is C15H22N2O. The predicted molar refractivity (Wildman–Crippen MR) is 74.5 cm³/mol. The third-order valence-corrected chi connectivity index (χ3v) is 3.83. The molecule has 0 aromatic heterocycles. The molecule has 1 aromatic rings. The van der Waals surface area contributed by atoms with Crippen LogP contribution < -0.4 is 10.6 Å². The van der Waals surface area contributed by atoms with Crippen LogP contribution in [-0.2, 0) is 4.79 Å². The molecule has 1 aliphatic heterocycles. The minimum absolute atomic E-state index is 0.00698. The molecule has 98 valence electrons. The molecule has 0 spiro atoms. The van der Waals surface area contributed by atoms with Gasteiger partial charge in [0.05, 0.1) is 0 Å². The molecular weight excluding hydrogens is 224 g/mol. The molecule has 0 saturated carbocycles. The molecule has 2 atom stereocenters. The van der Waals surface area contributed by atoms with Crippen molar-refractivity contribution in [3.05, 3.63) is 29.8 Å². The summed E-state index contributed by atoms with van der Waals surface area (Å²) in [6, 6.07) is 8.60. The van der Waals surface area contributed by atoms with Crippen molar-refractivity contribution in [3.63, 3.8) is 0 Å². The Balaban J connectivity index is 1.94. The number of hydrogen-bond acceptors (Lipinski definition) is 2. The molecule has 1 heterocycles. The van der Waals surface area contributed by atoms with Crippen LogP contribution in [0.25, 0.3) is 0 Å². The van der Waals surface area contributed by atoms with Gasteiger partial charge < -0.3 is 10.6 Å². The van der Waals surface area contributed by atoms with E-state index in [-0.39, 0.29) is 11.8 Å². The van der Waals surface area contributed by atoms with Crippen molar-refractivity contribution >= 4 is 11.6 Å². The van der Waals surface area contributed by atoms with E-state index < -0.39 is 0 Å². The van der Waals surface area contributed by atoms with Crippen LogP contribution in [0.5, 0.6) is 0 Å². The number of carbonyl (C=O) groups is 1. The van der Waals surface area contributed by atoms with Gasteiger partial charge >= 0.3 is 0 Å². The van der Waals surface area contributed by atoms with Crippen molar-refractivity contribution in [2.75, 3.05) is 18.0 Å². The second-order valence-electron chi connectivity index (χ2n) is 5.48. The number of nitrogens with two attached hydrogens (primary N) is 1. The van der Waals surface area contributed by atoms with Crippen molar-refractivity contribution in [2.24, 2.45) is 17.6 Å². The minimum atomic E-state index is -0.177. The summed E-state index contributed by atoms with van der Waals surface area (Å²) in [7, 11) is 0. The highest BCUT2D eigenvalue weighted by atomic mass is 16.1. The zero-order chi connectivity index (χ0) is 13.1. The lowest BCUT2D eigenvalue weighted by atomic mass is 9.95. The molecule has 1 aliphatic rings. The Bertz CT molecular complexity index is 430. The number of nitrogens with zero attached hydrogens (tertiary/aromatic N) is 1. The lowest BCUT2D eigenvalue weighted by Gasteiger charge is -2.20. The average molecular weight is 246 g/mol. The van der Waals surface area contributed by atoms with Crippen LogP contribution in [0.2, 0.25) is 0 Å². The standard InChI is InChI=1S/C15H22N2O/c1-11-4-3-5-14(8-11)17-7-6-13(10-17)9-12(2)15(16)18/h3-5,8,12-13H,6-7,9-10H2,1-2H3,(H2,16,18). The Morgan fingerprint density at radius 3 is 3.00 bits per heavy atom. The van der Waals surface area contributed by atoms with Gasteiger partial charge in [0, 0.05) is 24.7 Å². The molecule has 18 heavy (non-hydrogen) atoms. The molecule has 0 aliphatic carbocycles. The first-order chi connectivity index (χ1) is 8.56. The van der Waals surface area contributed by atoms with Gasteiger partial charge in [0.2, 0.25) is 5.91 Å². The molecule has 3 nitrogen and oxygen atoms in total. The highest BCUT2D eigenvalue weighted by Gasteiger charge is 2.25. The van der Waals surface area contributed by atoms with Crippen molar-refractivity contribution in [3.8, 4) is 0 Å². The van der Waals surface area contributed by atoms with Crippen LogP contribution in [0.1, 0.15) is 25.3 Å². The van der Waals surface area contributed by atoms with E-state index in [0.717, 1.165) is 25.9 Å². The molecule has 1 saturated heterocycles. The number of amides is 1. The fourth-order valence-corrected chi connectivity index (χ4v) is 2.70. The predicted octanol–water partition coefficient (Wildman–Crippen LogP) is 2.33. The number of carbonyl (C=O) groups excluding carboxylic acids is 1. The maximum absolute atomic E-state index is 11.1. The number of anilines is 1. The maximum atomic E-state index is 11.1.